The maximum absolute atomic E-state index is 13.5. The largest absolute Gasteiger partial charge is 0.451 e. The minimum atomic E-state index is -4.54. The Morgan fingerprint density at radius 1 is 1.14 bits per heavy atom. The van der Waals surface area contributed by atoms with Crippen LogP contribution in [0.2, 0.25) is 0 Å². The van der Waals surface area contributed by atoms with Crippen molar-refractivity contribution in [2.24, 2.45) is 0 Å². The lowest BCUT2D eigenvalue weighted by atomic mass is 10.2. The second kappa shape index (κ2) is 4.61. The summed E-state index contributed by atoms with van der Waals surface area (Å²) in [5.74, 6) is -1.39. The Morgan fingerprint density at radius 3 is 2.62 bits per heavy atom. The van der Waals surface area contributed by atoms with Crippen LogP contribution in [0, 0.1) is 5.82 Å². The fourth-order valence-corrected chi connectivity index (χ4v) is 2.37. The molecule has 0 spiro atoms. The molecule has 0 aliphatic carbocycles. The molecule has 3 rings (SSSR count). The Labute approximate surface area is 117 Å². The molecule has 0 saturated carbocycles. The number of nitrogens with zero attached hydrogens (tertiary/aromatic N) is 4. The molecule has 2 N–H and O–H groups in total. The number of hydrogen-bond acceptors (Lipinski definition) is 4. The zero-order chi connectivity index (χ0) is 15.2. The predicted octanol–water partition coefficient (Wildman–Crippen LogP) is 2.04. The molecule has 1 aromatic heterocycles. The number of nitrogens with two attached hydrogens (primary N) is 1. The van der Waals surface area contributed by atoms with Crippen LogP contribution in [-0.2, 0) is 19.3 Å². The van der Waals surface area contributed by atoms with Crippen LogP contribution in [0.4, 0.5) is 28.9 Å². The molecule has 1 aliphatic rings. The van der Waals surface area contributed by atoms with E-state index in [0.717, 1.165) is 4.57 Å². The molecule has 1 aromatic carbocycles. The second-order valence-electron chi connectivity index (χ2n) is 4.68. The van der Waals surface area contributed by atoms with E-state index in [1.807, 2.05) is 0 Å². The molecule has 0 atom stereocenters. The highest BCUT2D eigenvalue weighted by atomic mass is 19.4. The number of nitrogen functional groups attached to an aromatic ring is 1. The van der Waals surface area contributed by atoms with Crippen molar-refractivity contribution in [2.45, 2.75) is 19.3 Å². The van der Waals surface area contributed by atoms with Crippen molar-refractivity contribution in [3.63, 3.8) is 0 Å². The second-order valence-corrected chi connectivity index (χ2v) is 4.68. The first-order chi connectivity index (χ1) is 9.88. The highest BCUT2D eigenvalue weighted by molar-refractivity contribution is 5.68. The van der Waals surface area contributed by atoms with Crippen LogP contribution < -0.4 is 10.6 Å². The fraction of sp³-hybridized carbons (Fsp3) is 0.333. The van der Waals surface area contributed by atoms with Gasteiger partial charge in [-0.2, -0.15) is 13.2 Å². The summed E-state index contributed by atoms with van der Waals surface area (Å²) in [6.45, 7) is 0.422. The molecule has 1 aliphatic heterocycles. The summed E-state index contributed by atoms with van der Waals surface area (Å²) in [6.07, 6.45) is -4.54. The molecule has 21 heavy (non-hydrogen) atoms. The topological polar surface area (TPSA) is 60.0 Å². The highest BCUT2D eigenvalue weighted by Crippen LogP contribution is 2.32. The molecule has 9 heteroatoms. The Hall–Kier alpha value is -2.32. The quantitative estimate of drug-likeness (QED) is 0.647. The number of benzene rings is 1. The number of hydrogen-bond donors (Lipinski definition) is 1. The van der Waals surface area contributed by atoms with Crippen molar-refractivity contribution >= 4 is 11.4 Å². The lowest BCUT2D eigenvalue weighted by Crippen LogP contribution is -2.35. The van der Waals surface area contributed by atoms with E-state index < -0.39 is 17.8 Å². The fourth-order valence-electron chi connectivity index (χ4n) is 2.37. The number of anilines is 2. The minimum Gasteiger partial charge on any atom is -0.395 e. The molecule has 0 bridgehead atoms. The van der Waals surface area contributed by atoms with Crippen LogP contribution >= 0.6 is 0 Å². The lowest BCUT2D eigenvalue weighted by Gasteiger charge is -2.30. The van der Waals surface area contributed by atoms with Crippen LogP contribution in [0.5, 0.6) is 0 Å². The highest BCUT2D eigenvalue weighted by Gasteiger charge is 2.39. The molecule has 0 amide bonds. The van der Waals surface area contributed by atoms with Gasteiger partial charge in [0.2, 0.25) is 5.82 Å². The molecule has 0 saturated heterocycles. The average molecular weight is 301 g/mol. The van der Waals surface area contributed by atoms with E-state index in [4.69, 9.17) is 5.73 Å². The molecular weight excluding hydrogens is 290 g/mol. The predicted molar refractivity (Wildman–Crippen MR) is 66.9 cm³/mol. The van der Waals surface area contributed by atoms with Crippen molar-refractivity contribution in [3.8, 4) is 0 Å². The van der Waals surface area contributed by atoms with E-state index in [9.17, 15) is 17.6 Å². The maximum atomic E-state index is 13.5. The van der Waals surface area contributed by atoms with Gasteiger partial charge in [-0.15, -0.1) is 10.2 Å². The van der Waals surface area contributed by atoms with Gasteiger partial charge in [-0.25, -0.2) is 4.39 Å². The monoisotopic (exact) mass is 301 g/mol. The van der Waals surface area contributed by atoms with Crippen molar-refractivity contribution in [1.29, 1.82) is 0 Å². The van der Waals surface area contributed by atoms with Crippen LogP contribution in [0.15, 0.2) is 18.2 Å². The molecule has 0 unspecified atom stereocenters. The molecule has 2 heterocycles. The van der Waals surface area contributed by atoms with Gasteiger partial charge in [0.15, 0.2) is 5.82 Å². The first kappa shape index (κ1) is 13.7. The van der Waals surface area contributed by atoms with E-state index in [0.29, 0.717) is 5.69 Å². The summed E-state index contributed by atoms with van der Waals surface area (Å²) in [4.78, 5) is 1.68. The van der Waals surface area contributed by atoms with Crippen LogP contribution in [0.3, 0.4) is 0 Å². The van der Waals surface area contributed by atoms with Gasteiger partial charge in [0.25, 0.3) is 0 Å². The third-order valence-electron chi connectivity index (χ3n) is 3.38. The van der Waals surface area contributed by atoms with Gasteiger partial charge in [0.05, 0.1) is 17.9 Å². The van der Waals surface area contributed by atoms with Crippen LogP contribution in [-0.4, -0.2) is 21.3 Å². The normalized spacial score (nSPS) is 15.1. The average Bonchev–Trinajstić information content (AvgIpc) is 2.84. The van der Waals surface area contributed by atoms with Crippen molar-refractivity contribution in [3.05, 3.63) is 35.7 Å². The van der Waals surface area contributed by atoms with Gasteiger partial charge in [0.1, 0.15) is 5.82 Å². The van der Waals surface area contributed by atoms with Gasteiger partial charge in [0, 0.05) is 13.1 Å². The Bertz CT molecular complexity index is 679. The maximum Gasteiger partial charge on any atom is 0.451 e. The summed E-state index contributed by atoms with van der Waals surface area (Å²) in [7, 11) is 0. The summed E-state index contributed by atoms with van der Waals surface area (Å²) in [6, 6.07) is 4.35. The van der Waals surface area contributed by atoms with Crippen molar-refractivity contribution < 1.29 is 17.6 Å². The van der Waals surface area contributed by atoms with E-state index in [2.05, 4.69) is 10.2 Å². The lowest BCUT2D eigenvalue weighted by molar-refractivity contribution is -0.147. The summed E-state index contributed by atoms with van der Waals surface area (Å²) >= 11 is 0. The number of para-hydroxylation sites is 1. The van der Waals surface area contributed by atoms with E-state index in [-0.39, 0.29) is 31.1 Å². The third-order valence-corrected chi connectivity index (χ3v) is 3.38. The molecule has 0 radical (unpaired) electrons. The number of rotatable bonds is 1. The zero-order valence-corrected chi connectivity index (χ0v) is 10.7. The standard InChI is InChI=1S/C12H11F4N5/c13-7-2-1-3-8(10(7)17)20-4-5-21-9(6-20)18-19-11(21)12(14,15)16/h1-3H,4-6,17H2. The van der Waals surface area contributed by atoms with Gasteiger partial charge < -0.3 is 15.2 Å². The van der Waals surface area contributed by atoms with Crippen LogP contribution in [0.1, 0.15) is 11.6 Å². The molecule has 0 fully saturated rings. The smallest absolute Gasteiger partial charge is 0.395 e. The van der Waals surface area contributed by atoms with Crippen molar-refractivity contribution in [1.82, 2.24) is 14.8 Å². The zero-order valence-electron chi connectivity index (χ0n) is 10.7. The van der Waals surface area contributed by atoms with E-state index in [1.54, 1.807) is 11.0 Å². The number of aromatic nitrogens is 3. The van der Waals surface area contributed by atoms with Gasteiger partial charge in [-0.05, 0) is 12.1 Å². The molecular formula is C12H11F4N5. The summed E-state index contributed by atoms with van der Waals surface area (Å²) < 4.78 is 52.7. The molecule has 5 nitrogen and oxygen atoms in total. The number of fused-ring (bicyclic) bond motifs is 1. The summed E-state index contributed by atoms with van der Waals surface area (Å²) in [5, 5.41) is 6.76. The Balaban J connectivity index is 1.92. The first-order valence-electron chi connectivity index (χ1n) is 6.16. The molecule has 112 valence electrons. The van der Waals surface area contributed by atoms with Gasteiger partial charge in [-0.3, -0.25) is 0 Å². The first-order valence-corrected chi connectivity index (χ1v) is 6.16. The SMILES string of the molecule is Nc1c(F)cccc1N1CCn2c(nnc2C(F)(F)F)C1. The van der Waals surface area contributed by atoms with E-state index in [1.165, 1.54) is 12.1 Å². The Kier molecular flexibility index (Phi) is 2.99. The minimum absolute atomic E-state index is 0.0264. The van der Waals surface area contributed by atoms with Crippen LogP contribution in [0.25, 0.3) is 0 Å². The summed E-state index contributed by atoms with van der Waals surface area (Å²) in [5.41, 5.74) is 6.08. The van der Waals surface area contributed by atoms with Gasteiger partial charge in [-0.1, -0.05) is 6.07 Å². The van der Waals surface area contributed by atoms with E-state index >= 15 is 0 Å². The van der Waals surface area contributed by atoms with Crippen molar-refractivity contribution in [2.75, 3.05) is 17.2 Å². The number of alkyl halides is 3. The Morgan fingerprint density at radius 2 is 1.90 bits per heavy atom. The third kappa shape index (κ3) is 2.28. The van der Waals surface area contributed by atoms with Gasteiger partial charge >= 0.3 is 6.18 Å². The molecule has 2 aromatic rings. The number of halogens is 4.